The molecule has 0 unspecified atom stereocenters. The van der Waals surface area contributed by atoms with Gasteiger partial charge < -0.3 is 14.6 Å². The first-order chi connectivity index (χ1) is 9.10. The number of pyridine rings is 1. The number of benzene rings is 1. The number of carbonyl (C=O) groups excluding carboxylic acids is 1. The molecule has 1 aromatic carbocycles. The second-order valence-electron chi connectivity index (χ2n) is 4.03. The third kappa shape index (κ3) is 2.19. The lowest BCUT2D eigenvalue weighted by atomic mass is 10.1. The Bertz CT molecular complexity index is 637. The van der Waals surface area contributed by atoms with Gasteiger partial charge in [-0.1, -0.05) is 0 Å². The number of hydrogen-bond donors (Lipinski definition) is 1. The highest BCUT2D eigenvalue weighted by Crippen LogP contribution is 2.33. The number of aryl methyl sites for hydroxylation is 1. The van der Waals surface area contributed by atoms with Crippen LogP contribution in [0.4, 0.5) is 0 Å². The number of esters is 1. The molecule has 0 fully saturated rings. The van der Waals surface area contributed by atoms with Gasteiger partial charge in [0, 0.05) is 17.1 Å². The molecule has 5 nitrogen and oxygen atoms in total. The van der Waals surface area contributed by atoms with Crippen LogP contribution in [0.15, 0.2) is 18.3 Å². The number of aromatic nitrogens is 1. The van der Waals surface area contributed by atoms with Crippen LogP contribution in [0, 0.1) is 6.92 Å². The van der Waals surface area contributed by atoms with Crippen molar-refractivity contribution in [2.45, 2.75) is 13.8 Å². The molecule has 0 aliphatic carbocycles. The summed E-state index contributed by atoms with van der Waals surface area (Å²) in [4.78, 5) is 15.9. The van der Waals surface area contributed by atoms with Crippen LogP contribution in [0.25, 0.3) is 10.9 Å². The molecule has 0 saturated carbocycles. The predicted molar refractivity (Wildman–Crippen MR) is 70.7 cm³/mol. The molecule has 0 aliphatic rings. The highest BCUT2D eigenvalue weighted by molar-refractivity contribution is 6.00. The summed E-state index contributed by atoms with van der Waals surface area (Å²) in [6, 6.07) is 3.40. The highest BCUT2D eigenvalue weighted by Gasteiger charge is 2.17. The average molecular weight is 261 g/mol. The molecule has 0 radical (unpaired) electrons. The van der Waals surface area contributed by atoms with Gasteiger partial charge in [-0.3, -0.25) is 4.98 Å². The maximum atomic E-state index is 11.7. The summed E-state index contributed by atoms with van der Waals surface area (Å²) in [6.45, 7) is 3.80. The zero-order chi connectivity index (χ0) is 14.0. The number of nitrogens with zero attached hydrogens (tertiary/aromatic N) is 1. The first-order valence-corrected chi connectivity index (χ1v) is 5.92. The zero-order valence-electron chi connectivity index (χ0n) is 11.1. The van der Waals surface area contributed by atoms with Crippen LogP contribution in [-0.2, 0) is 4.74 Å². The Morgan fingerprint density at radius 1 is 1.42 bits per heavy atom. The summed E-state index contributed by atoms with van der Waals surface area (Å²) >= 11 is 0. The van der Waals surface area contributed by atoms with Gasteiger partial charge in [-0.2, -0.15) is 0 Å². The summed E-state index contributed by atoms with van der Waals surface area (Å²) in [5.74, 6) is -0.0136. The minimum Gasteiger partial charge on any atom is -0.506 e. The minimum atomic E-state index is -0.581. The van der Waals surface area contributed by atoms with E-state index in [0.717, 1.165) is 5.56 Å². The number of hydrogen-bond acceptors (Lipinski definition) is 5. The van der Waals surface area contributed by atoms with E-state index in [1.54, 1.807) is 26.2 Å². The number of fused-ring (bicyclic) bond motifs is 1. The van der Waals surface area contributed by atoms with Crippen molar-refractivity contribution < 1.29 is 19.4 Å². The van der Waals surface area contributed by atoms with E-state index < -0.39 is 5.97 Å². The number of ether oxygens (including phenoxy) is 2. The quantitative estimate of drug-likeness (QED) is 0.859. The van der Waals surface area contributed by atoms with Crippen LogP contribution in [0.3, 0.4) is 0 Å². The van der Waals surface area contributed by atoms with Gasteiger partial charge in [-0.05, 0) is 26.0 Å². The number of carbonyl (C=O) groups is 1. The van der Waals surface area contributed by atoms with Crippen LogP contribution in [-0.4, -0.2) is 29.8 Å². The van der Waals surface area contributed by atoms with Gasteiger partial charge in [0.25, 0.3) is 0 Å². The van der Waals surface area contributed by atoms with Gasteiger partial charge >= 0.3 is 5.97 Å². The van der Waals surface area contributed by atoms with Crippen molar-refractivity contribution in [1.29, 1.82) is 0 Å². The number of aromatic hydroxyl groups is 1. The average Bonchev–Trinajstić information content (AvgIpc) is 2.40. The van der Waals surface area contributed by atoms with Crippen molar-refractivity contribution in [1.82, 2.24) is 4.98 Å². The maximum absolute atomic E-state index is 11.7. The van der Waals surface area contributed by atoms with Crippen LogP contribution >= 0.6 is 0 Å². The molecule has 2 rings (SSSR count). The van der Waals surface area contributed by atoms with Crippen molar-refractivity contribution in [3.63, 3.8) is 0 Å². The highest BCUT2D eigenvalue weighted by atomic mass is 16.5. The van der Waals surface area contributed by atoms with Crippen LogP contribution < -0.4 is 4.74 Å². The summed E-state index contributed by atoms with van der Waals surface area (Å²) < 4.78 is 10.1. The van der Waals surface area contributed by atoms with E-state index in [9.17, 15) is 9.90 Å². The molecule has 0 saturated heterocycles. The third-order valence-corrected chi connectivity index (χ3v) is 2.93. The van der Waals surface area contributed by atoms with Gasteiger partial charge in [0.1, 0.15) is 17.1 Å². The second-order valence-corrected chi connectivity index (χ2v) is 4.03. The molecule has 0 spiro atoms. The molecule has 2 aromatic rings. The minimum absolute atomic E-state index is 0.0684. The molecule has 0 amide bonds. The van der Waals surface area contributed by atoms with E-state index >= 15 is 0 Å². The summed E-state index contributed by atoms with van der Waals surface area (Å²) in [7, 11) is 1.57. The fourth-order valence-corrected chi connectivity index (χ4v) is 1.95. The number of methoxy groups -OCH3 is 1. The first kappa shape index (κ1) is 13.1. The lowest BCUT2D eigenvalue weighted by Gasteiger charge is -2.10. The molecule has 0 bridgehead atoms. The Morgan fingerprint density at radius 2 is 2.16 bits per heavy atom. The fraction of sp³-hybridized carbons (Fsp3) is 0.286. The van der Waals surface area contributed by atoms with Crippen LogP contribution in [0.5, 0.6) is 11.5 Å². The predicted octanol–water partition coefficient (Wildman–Crippen LogP) is 2.43. The molecule has 0 aliphatic heterocycles. The molecular formula is C14H15NO4. The Labute approximate surface area is 110 Å². The molecule has 5 heteroatoms. The fourth-order valence-electron chi connectivity index (χ4n) is 1.95. The molecule has 1 aromatic heterocycles. The summed E-state index contributed by atoms with van der Waals surface area (Å²) in [6.07, 6.45) is 1.32. The van der Waals surface area contributed by atoms with Crippen molar-refractivity contribution in [2.24, 2.45) is 0 Å². The molecule has 100 valence electrons. The van der Waals surface area contributed by atoms with Crippen molar-refractivity contribution >= 4 is 16.9 Å². The van der Waals surface area contributed by atoms with E-state index in [1.165, 1.54) is 6.20 Å². The smallest absolute Gasteiger partial charge is 0.343 e. The lowest BCUT2D eigenvalue weighted by Crippen LogP contribution is -2.06. The monoisotopic (exact) mass is 261 g/mol. The van der Waals surface area contributed by atoms with Crippen LogP contribution in [0.2, 0.25) is 0 Å². The van der Waals surface area contributed by atoms with Gasteiger partial charge in [0.2, 0.25) is 0 Å². The van der Waals surface area contributed by atoms with E-state index in [1.807, 2.05) is 6.92 Å². The normalized spacial score (nSPS) is 10.5. The van der Waals surface area contributed by atoms with Gasteiger partial charge in [0.05, 0.1) is 19.2 Å². The lowest BCUT2D eigenvalue weighted by molar-refractivity contribution is 0.0523. The Kier molecular flexibility index (Phi) is 3.55. The molecule has 0 atom stereocenters. The third-order valence-electron chi connectivity index (χ3n) is 2.93. The first-order valence-electron chi connectivity index (χ1n) is 5.92. The van der Waals surface area contributed by atoms with Crippen molar-refractivity contribution in [3.8, 4) is 11.5 Å². The molecule has 19 heavy (non-hydrogen) atoms. The number of rotatable bonds is 3. The van der Waals surface area contributed by atoms with E-state index in [0.29, 0.717) is 16.7 Å². The largest absolute Gasteiger partial charge is 0.506 e. The van der Waals surface area contributed by atoms with Crippen molar-refractivity contribution in [3.05, 3.63) is 29.5 Å². The SMILES string of the molecule is CCOC(=O)c1cnc2c(C)c(OC)ccc2c1O. The Hall–Kier alpha value is -2.30. The summed E-state index contributed by atoms with van der Waals surface area (Å²) in [5, 5.41) is 10.7. The molecule has 1 N–H and O–H groups in total. The van der Waals surface area contributed by atoms with Gasteiger partial charge in [-0.25, -0.2) is 4.79 Å². The van der Waals surface area contributed by atoms with Crippen LogP contribution in [0.1, 0.15) is 22.8 Å². The molecular weight excluding hydrogens is 246 g/mol. The second kappa shape index (κ2) is 5.14. The molecule has 1 heterocycles. The summed E-state index contributed by atoms with van der Waals surface area (Å²) in [5.41, 5.74) is 1.48. The Balaban J connectivity index is 2.63. The van der Waals surface area contributed by atoms with E-state index in [4.69, 9.17) is 9.47 Å². The van der Waals surface area contributed by atoms with Crippen molar-refractivity contribution in [2.75, 3.05) is 13.7 Å². The Morgan fingerprint density at radius 3 is 2.79 bits per heavy atom. The van der Waals surface area contributed by atoms with E-state index in [-0.39, 0.29) is 17.9 Å². The van der Waals surface area contributed by atoms with E-state index in [2.05, 4.69) is 4.98 Å². The van der Waals surface area contributed by atoms with Gasteiger partial charge in [-0.15, -0.1) is 0 Å². The maximum Gasteiger partial charge on any atom is 0.343 e. The standard InChI is InChI=1S/C14H15NO4/c1-4-19-14(17)10-7-15-12-8(2)11(18-3)6-5-9(12)13(10)16/h5-7H,4H2,1-3H3,(H,15,16). The zero-order valence-corrected chi connectivity index (χ0v) is 11.1. The van der Waals surface area contributed by atoms with Gasteiger partial charge in [0.15, 0.2) is 0 Å². The topological polar surface area (TPSA) is 68.7 Å².